The maximum Gasteiger partial charge on any atom is 0.437 e. The molecule has 1 aliphatic heterocycles. The first-order valence-electron chi connectivity index (χ1n) is 4.00. The molecule has 0 aromatic heterocycles. The second-order valence-electron chi connectivity index (χ2n) is 2.55. The van der Waals surface area contributed by atoms with Gasteiger partial charge in [-0.25, -0.2) is 19.3 Å². The van der Waals surface area contributed by atoms with E-state index < -0.39 is 12.8 Å². The van der Waals surface area contributed by atoms with Crippen molar-refractivity contribution in [3.05, 3.63) is 10.1 Å². The van der Waals surface area contributed by atoms with Gasteiger partial charge in [0.2, 0.25) is 0 Å². The lowest BCUT2D eigenvalue weighted by atomic mass is 10.7. The van der Waals surface area contributed by atoms with Crippen molar-refractivity contribution in [2.45, 2.75) is 0 Å². The molecular formula is C5H11N4O5P. The molecule has 0 spiro atoms. The van der Waals surface area contributed by atoms with Crippen molar-refractivity contribution in [2.75, 3.05) is 27.3 Å². The lowest BCUT2D eigenvalue weighted by molar-refractivity contribution is -0.485. The normalized spacial score (nSPS) is 19.3. The van der Waals surface area contributed by atoms with Gasteiger partial charge in [0.1, 0.15) is 5.10 Å². The third-order valence-corrected chi connectivity index (χ3v) is 3.69. The molecule has 0 radical (unpaired) electrons. The summed E-state index contributed by atoms with van der Waals surface area (Å²) in [6, 6.07) is 0. The molecule has 0 amide bonds. The fourth-order valence-corrected chi connectivity index (χ4v) is 2.38. The van der Waals surface area contributed by atoms with E-state index in [1.54, 1.807) is 0 Å². The maximum absolute atomic E-state index is 11.9. The van der Waals surface area contributed by atoms with Gasteiger partial charge in [-0.15, -0.1) is 0 Å². The molecule has 1 N–H and O–H groups in total. The third-order valence-electron chi connectivity index (χ3n) is 1.78. The number of guanidine groups is 1. The number of nitrogens with one attached hydrogen (secondary N) is 1. The summed E-state index contributed by atoms with van der Waals surface area (Å²) >= 11 is 0. The van der Waals surface area contributed by atoms with Crippen LogP contribution in [-0.2, 0) is 13.6 Å². The third kappa shape index (κ3) is 2.44. The molecule has 0 unspecified atom stereocenters. The van der Waals surface area contributed by atoms with Gasteiger partial charge in [0.15, 0.2) is 5.03 Å². The van der Waals surface area contributed by atoms with Gasteiger partial charge in [0.25, 0.3) is 5.96 Å². The predicted octanol–water partition coefficient (Wildman–Crippen LogP) is -0.160. The summed E-state index contributed by atoms with van der Waals surface area (Å²) in [6.07, 6.45) is 0. The topological polar surface area (TPSA) is 106 Å². The number of nitro groups is 1. The van der Waals surface area contributed by atoms with E-state index in [2.05, 4.69) is 10.4 Å². The predicted molar refractivity (Wildman–Crippen MR) is 50.8 cm³/mol. The molecular weight excluding hydrogens is 227 g/mol. The highest BCUT2D eigenvalue weighted by atomic mass is 31.2. The first-order chi connectivity index (χ1) is 7.03. The molecule has 0 bridgehead atoms. The summed E-state index contributed by atoms with van der Waals surface area (Å²) in [6.45, 7) is 0.662. The number of hydrazone groups is 1. The Kier molecular flexibility index (Phi) is 3.61. The van der Waals surface area contributed by atoms with E-state index in [-0.39, 0.29) is 12.5 Å². The van der Waals surface area contributed by atoms with Crippen molar-refractivity contribution in [1.29, 1.82) is 0 Å². The summed E-state index contributed by atoms with van der Waals surface area (Å²) < 4.78 is 22.4. The van der Waals surface area contributed by atoms with Crippen LogP contribution in [0.5, 0.6) is 0 Å². The molecule has 1 rings (SSSR count). The van der Waals surface area contributed by atoms with Crippen molar-refractivity contribution in [2.24, 2.45) is 5.10 Å². The molecule has 1 saturated heterocycles. The van der Waals surface area contributed by atoms with E-state index in [9.17, 15) is 14.7 Å². The van der Waals surface area contributed by atoms with Crippen LogP contribution in [0.4, 0.5) is 0 Å². The van der Waals surface area contributed by atoms with Crippen molar-refractivity contribution in [3.63, 3.8) is 0 Å². The molecule has 1 heterocycles. The van der Waals surface area contributed by atoms with Crippen LogP contribution >= 0.6 is 7.75 Å². The van der Waals surface area contributed by atoms with Crippen molar-refractivity contribution in [3.8, 4) is 0 Å². The van der Waals surface area contributed by atoms with Crippen LogP contribution in [0.3, 0.4) is 0 Å². The summed E-state index contributed by atoms with van der Waals surface area (Å²) in [7, 11) is -1.10. The van der Waals surface area contributed by atoms with Gasteiger partial charge in [-0.05, 0) is 0 Å². The van der Waals surface area contributed by atoms with Gasteiger partial charge in [-0.2, -0.15) is 0 Å². The molecule has 0 saturated carbocycles. The Labute approximate surface area is 85.8 Å². The highest BCUT2D eigenvalue weighted by molar-refractivity contribution is 7.52. The smallest absolute Gasteiger partial charge is 0.349 e. The van der Waals surface area contributed by atoms with Crippen LogP contribution in [0.1, 0.15) is 0 Å². The molecule has 86 valence electrons. The summed E-state index contributed by atoms with van der Waals surface area (Å²) in [5.41, 5.74) is 0. The van der Waals surface area contributed by atoms with Gasteiger partial charge in [-0.3, -0.25) is 9.05 Å². The van der Waals surface area contributed by atoms with E-state index in [1.807, 2.05) is 0 Å². The fraction of sp³-hybridized carbons (Fsp3) is 0.800. The van der Waals surface area contributed by atoms with Crippen LogP contribution in [0.25, 0.3) is 0 Å². The standard InChI is InChI=1S/C5H11N4O5P/c1-13-15(12,14-2)8-4-3-6-5(8)7-9(10)11/h3-4H2,1-2H3,(H,6,7). The Morgan fingerprint density at radius 2 is 2.20 bits per heavy atom. The number of nitrogens with zero attached hydrogens (tertiary/aromatic N) is 3. The highest BCUT2D eigenvalue weighted by Gasteiger charge is 2.38. The molecule has 0 atom stereocenters. The minimum Gasteiger partial charge on any atom is -0.349 e. The molecule has 1 fully saturated rings. The summed E-state index contributed by atoms with van der Waals surface area (Å²) in [4.78, 5) is 10.2. The zero-order valence-electron chi connectivity index (χ0n) is 8.24. The van der Waals surface area contributed by atoms with Gasteiger partial charge in [0, 0.05) is 27.3 Å². The fourth-order valence-electron chi connectivity index (χ4n) is 1.15. The van der Waals surface area contributed by atoms with Crippen LogP contribution in [-0.4, -0.2) is 43.0 Å². The van der Waals surface area contributed by atoms with Gasteiger partial charge >= 0.3 is 7.75 Å². The van der Waals surface area contributed by atoms with Crippen LogP contribution in [0.15, 0.2) is 5.10 Å². The Hall–Kier alpha value is -1.18. The second kappa shape index (κ2) is 4.56. The van der Waals surface area contributed by atoms with Crippen LogP contribution in [0.2, 0.25) is 0 Å². The molecule has 15 heavy (non-hydrogen) atoms. The molecule has 10 heteroatoms. The Morgan fingerprint density at radius 1 is 1.60 bits per heavy atom. The summed E-state index contributed by atoms with van der Waals surface area (Å²) in [5, 5.41) is 15.0. The molecule has 0 aromatic rings. The van der Waals surface area contributed by atoms with E-state index >= 15 is 0 Å². The monoisotopic (exact) mass is 238 g/mol. The molecule has 0 aliphatic carbocycles. The van der Waals surface area contributed by atoms with E-state index in [1.165, 1.54) is 14.2 Å². The average molecular weight is 238 g/mol. The number of hydrogen-bond acceptors (Lipinski definition) is 5. The Balaban J connectivity index is 2.94. The maximum atomic E-state index is 11.9. The van der Waals surface area contributed by atoms with Gasteiger partial charge in [0.05, 0.1) is 0 Å². The molecule has 9 nitrogen and oxygen atoms in total. The number of hydrogen-bond donors (Lipinski definition) is 1. The first kappa shape index (κ1) is 11.9. The SMILES string of the molecule is COP(=O)(OC)N1CCNC1=N[N+](=O)[O-]. The zero-order chi connectivity index (χ0) is 11.5. The quantitative estimate of drug-likeness (QED) is 0.412. The van der Waals surface area contributed by atoms with Crippen LogP contribution < -0.4 is 5.32 Å². The lowest BCUT2D eigenvalue weighted by Gasteiger charge is -2.22. The average Bonchev–Trinajstić information content (AvgIpc) is 2.64. The highest BCUT2D eigenvalue weighted by Crippen LogP contribution is 2.50. The van der Waals surface area contributed by atoms with Crippen molar-refractivity contribution >= 4 is 13.7 Å². The minimum atomic E-state index is -3.51. The van der Waals surface area contributed by atoms with Gasteiger partial charge in [-0.1, -0.05) is 0 Å². The lowest BCUT2D eigenvalue weighted by Crippen LogP contribution is -2.29. The summed E-state index contributed by atoms with van der Waals surface area (Å²) in [5.74, 6) is -0.118. The van der Waals surface area contributed by atoms with Crippen molar-refractivity contribution < 1.29 is 18.6 Å². The largest absolute Gasteiger partial charge is 0.437 e. The second-order valence-corrected chi connectivity index (χ2v) is 4.70. The van der Waals surface area contributed by atoms with E-state index in [0.717, 1.165) is 4.67 Å². The molecule has 0 aromatic carbocycles. The minimum absolute atomic E-state index is 0.118. The molecule has 1 aliphatic rings. The van der Waals surface area contributed by atoms with Crippen LogP contribution in [0, 0.1) is 10.1 Å². The van der Waals surface area contributed by atoms with Crippen molar-refractivity contribution in [1.82, 2.24) is 9.99 Å². The Bertz CT molecular complexity index is 323. The first-order valence-corrected chi connectivity index (χ1v) is 5.49. The Morgan fingerprint density at radius 3 is 2.67 bits per heavy atom. The zero-order valence-corrected chi connectivity index (χ0v) is 9.14. The van der Waals surface area contributed by atoms with Gasteiger partial charge < -0.3 is 5.32 Å². The number of rotatable bonds is 4. The van der Waals surface area contributed by atoms with E-state index in [0.29, 0.717) is 6.54 Å². The van der Waals surface area contributed by atoms with E-state index in [4.69, 9.17) is 9.05 Å².